The lowest BCUT2D eigenvalue weighted by molar-refractivity contribution is -0.139. The van der Waals surface area contributed by atoms with Gasteiger partial charge in [-0.3, -0.25) is 13.9 Å². The second-order valence-electron chi connectivity index (χ2n) is 9.71. The Bertz CT molecular complexity index is 1160. The summed E-state index contributed by atoms with van der Waals surface area (Å²) < 4.78 is 26.5. The van der Waals surface area contributed by atoms with E-state index in [9.17, 15) is 18.0 Å². The second kappa shape index (κ2) is 11.2. The largest absolute Gasteiger partial charge is 0.352 e. The number of hydrogen-bond donors (Lipinski definition) is 1. The lowest BCUT2D eigenvalue weighted by atomic mass is 10.1. The van der Waals surface area contributed by atoms with Crippen LogP contribution in [0.15, 0.2) is 42.5 Å². The Morgan fingerprint density at radius 2 is 1.63 bits per heavy atom. The number of benzene rings is 2. The molecule has 190 valence electrons. The van der Waals surface area contributed by atoms with Gasteiger partial charge in [0.05, 0.1) is 11.9 Å². The molecule has 0 aromatic heterocycles. The van der Waals surface area contributed by atoms with E-state index in [1.807, 2.05) is 51.1 Å². The molecular formula is C27H37N3O4S. The number of aryl methyl sites for hydroxylation is 3. The van der Waals surface area contributed by atoms with Gasteiger partial charge in [-0.15, -0.1) is 0 Å². The fourth-order valence-corrected chi connectivity index (χ4v) is 5.20. The summed E-state index contributed by atoms with van der Waals surface area (Å²) in [4.78, 5) is 28.2. The van der Waals surface area contributed by atoms with Crippen LogP contribution in [-0.4, -0.2) is 50.0 Å². The number of hydrogen-bond acceptors (Lipinski definition) is 4. The van der Waals surface area contributed by atoms with Crippen LogP contribution < -0.4 is 9.62 Å². The van der Waals surface area contributed by atoms with E-state index in [4.69, 9.17) is 0 Å². The van der Waals surface area contributed by atoms with E-state index in [1.54, 1.807) is 19.1 Å². The Hall–Kier alpha value is -2.87. The minimum absolute atomic E-state index is 0.129. The zero-order chi connectivity index (χ0) is 25.8. The molecule has 1 fully saturated rings. The zero-order valence-electron chi connectivity index (χ0n) is 21.4. The summed E-state index contributed by atoms with van der Waals surface area (Å²) in [6, 6.07) is 12.5. The van der Waals surface area contributed by atoms with Crippen molar-refractivity contribution in [3.8, 4) is 0 Å². The molecule has 1 unspecified atom stereocenters. The molecule has 3 rings (SSSR count). The Morgan fingerprint density at radius 3 is 2.20 bits per heavy atom. The van der Waals surface area contributed by atoms with E-state index in [-0.39, 0.29) is 25.0 Å². The van der Waals surface area contributed by atoms with E-state index in [2.05, 4.69) is 5.32 Å². The predicted octanol–water partition coefficient (Wildman–Crippen LogP) is 3.85. The van der Waals surface area contributed by atoms with Crippen LogP contribution >= 0.6 is 0 Å². The van der Waals surface area contributed by atoms with Gasteiger partial charge < -0.3 is 10.2 Å². The molecule has 35 heavy (non-hydrogen) atoms. The quantitative estimate of drug-likeness (QED) is 0.568. The highest BCUT2D eigenvalue weighted by Gasteiger charge is 2.31. The van der Waals surface area contributed by atoms with Gasteiger partial charge in [0.15, 0.2) is 0 Å². The first kappa shape index (κ1) is 26.7. The number of anilines is 1. The molecule has 0 heterocycles. The van der Waals surface area contributed by atoms with Crippen LogP contribution in [0.25, 0.3) is 0 Å². The summed E-state index contributed by atoms with van der Waals surface area (Å²) in [6.07, 6.45) is 5.16. The molecule has 0 bridgehead atoms. The number of nitrogens with one attached hydrogen (secondary N) is 1. The summed E-state index contributed by atoms with van der Waals surface area (Å²) in [5.74, 6) is -0.641. The minimum Gasteiger partial charge on any atom is -0.352 e. The van der Waals surface area contributed by atoms with Crippen molar-refractivity contribution in [2.45, 2.75) is 72.0 Å². The predicted molar refractivity (Wildman–Crippen MR) is 140 cm³/mol. The summed E-state index contributed by atoms with van der Waals surface area (Å²) in [7, 11) is -3.73. The first-order valence-corrected chi connectivity index (χ1v) is 14.0. The molecule has 0 spiro atoms. The molecule has 1 atom stereocenters. The average Bonchev–Trinajstić information content (AvgIpc) is 3.30. The maximum atomic E-state index is 13.6. The van der Waals surface area contributed by atoms with Gasteiger partial charge in [-0.25, -0.2) is 8.42 Å². The fourth-order valence-electron chi connectivity index (χ4n) is 4.36. The van der Waals surface area contributed by atoms with E-state index in [0.717, 1.165) is 58.5 Å². The molecule has 1 saturated carbocycles. The van der Waals surface area contributed by atoms with Gasteiger partial charge in [-0.05, 0) is 69.4 Å². The third-order valence-corrected chi connectivity index (χ3v) is 7.94. The van der Waals surface area contributed by atoms with Gasteiger partial charge in [0.25, 0.3) is 0 Å². The molecule has 1 aliphatic rings. The average molecular weight is 500 g/mol. The van der Waals surface area contributed by atoms with Crippen LogP contribution in [-0.2, 0) is 26.2 Å². The molecule has 2 amide bonds. The zero-order valence-corrected chi connectivity index (χ0v) is 22.2. The van der Waals surface area contributed by atoms with E-state index < -0.39 is 22.0 Å². The van der Waals surface area contributed by atoms with Crippen molar-refractivity contribution in [3.63, 3.8) is 0 Å². The lowest BCUT2D eigenvalue weighted by Gasteiger charge is -2.32. The Morgan fingerprint density at radius 1 is 1.00 bits per heavy atom. The number of carbonyl (C=O) groups is 2. The summed E-state index contributed by atoms with van der Waals surface area (Å²) in [5, 5.41) is 3.07. The van der Waals surface area contributed by atoms with Gasteiger partial charge in [0.2, 0.25) is 21.8 Å². The van der Waals surface area contributed by atoms with Crippen molar-refractivity contribution in [3.05, 3.63) is 64.7 Å². The van der Waals surface area contributed by atoms with Crippen LogP contribution in [0, 0.1) is 20.8 Å². The molecular weight excluding hydrogens is 462 g/mol. The van der Waals surface area contributed by atoms with Crippen LogP contribution in [0.3, 0.4) is 0 Å². The highest BCUT2D eigenvalue weighted by atomic mass is 32.2. The smallest absolute Gasteiger partial charge is 0.244 e. The topological polar surface area (TPSA) is 86.8 Å². The molecule has 2 aromatic carbocycles. The van der Waals surface area contributed by atoms with Crippen molar-refractivity contribution in [2.24, 2.45) is 0 Å². The van der Waals surface area contributed by atoms with Crippen molar-refractivity contribution in [1.82, 2.24) is 10.2 Å². The van der Waals surface area contributed by atoms with Crippen LogP contribution in [0.1, 0.15) is 54.9 Å². The maximum absolute atomic E-state index is 13.6. The van der Waals surface area contributed by atoms with E-state index in [0.29, 0.717) is 5.69 Å². The van der Waals surface area contributed by atoms with Gasteiger partial charge in [0, 0.05) is 12.6 Å². The van der Waals surface area contributed by atoms with Gasteiger partial charge in [-0.2, -0.15) is 0 Å². The fraction of sp³-hybridized carbons (Fsp3) is 0.481. The summed E-state index contributed by atoms with van der Waals surface area (Å²) in [6.45, 7) is 7.37. The summed E-state index contributed by atoms with van der Waals surface area (Å²) >= 11 is 0. The highest BCUT2D eigenvalue weighted by molar-refractivity contribution is 7.92. The maximum Gasteiger partial charge on any atom is 0.244 e. The highest BCUT2D eigenvalue weighted by Crippen LogP contribution is 2.23. The first-order chi connectivity index (χ1) is 16.5. The van der Waals surface area contributed by atoms with Gasteiger partial charge >= 0.3 is 0 Å². The number of rotatable bonds is 9. The molecule has 0 radical (unpaired) electrons. The van der Waals surface area contributed by atoms with Crippen LogP contribution in [0.2, 0.25) is 0 Å². The molecule has 1 aliphatic carbocycles. The van der Waals surface area contributed by atoms with Crippen molar-refractivity contribution < 1.29 is 18.0 Å². The van der Waals surface area contributed by atoms with Crippen molar-refractivity contribution in [2.75, 3.05) is 17.1 Å². The summed E-state index contributed by atoms with van der Waals surface area (Å²) in [5.41, 5.74) is 4.37. The molecule has 0 saturated heterocycles. The third-order valence-electron chi connectivity index (χ3n) is 6.80. The molecule has 7 nitrogen and oxygen atoms in total. The standard InChI is InChI=1S/C27H37N3O4S/c1-19-10-13-23(14-11-19)17-29(22(4)27(32)28-24-8-6-7-9-24)26(31)18-30(35(5,33)34)25-15-12-20(2)21(3)16-25/h10-16,22,24H,6-9,17-18H2,1-5H3,(H,28,32). The SMILES string of the molecule is Cc1ccc(CN(C(=O)CN(c2ccc(C)c(C)c2)S(C)(=O)=O)C(C)C(=O)NC2CCCC2)cc1. The lowest BCUT2D eigenvalue weighted by Crippen LogP contribution is -2.52. The Kier molecular flexibility index (Phi) is 8.59. The second-order valence-corrected chi connectivity index (χ2v) is 11.6. The Labute approximate surface area is 209 Å². The van der Waals surface area contributed by atoms with Gasteiger partial charge in [-0.1, -0.05) is 48.7 Å². The molecule has 2 aromatic rings. The molecule has 8 heteroatoms. The number of carbonyl (C=O) groups excluding carboxylic acids is 2. The first-order valence-electron chi connectivity index (χ1n) is 12.2. The Balaban J connectivity index is 1.88. The molecule has 0 aliphatic heterocycles. The van der Waals surface area contributed by atoms with Crippen molar-refractivity contribution >= 4 is 27.5 Å². The molecule has 1 N–H and O–H groups in total. The minimum atomic E-state index is -3.73. The third kappa shape index (κ3) is 7.07. The monoisotopic (exact) mass is 499 g/mol. The van der Waals surface area contributed by atoms with E-state index in [1.165, 1.54) is 4.90 Å². The van der Waals surface area contributed by atoms with Crippen molar-refractivity contribution in [1.29, 1.82) is 0 Å². The normalized spacial score (nSPS) is 15.0. The number of amides is 2. The number of sulfonamides is 1. The number of nitrogens with zero attached hydrogens (tertiary/aromatic N) is 2. The van der Waals surface area contributed by atoms with Gasteiger partial charge in [0.1, 0.15) is 12.6 Å². The van der Waals surface area contributed by atoms with E-state index >= 15 is 0 Å². The van der Waals surface area contributed by atoms with Crippen LogP contribution in [0.4, 0.5) is 5.69 Å². The van der Waals surface area contributed by atoms with Crippen LogP contribution in [0.5, 0.6) is 0 Å².